The van der Waals surface area contributed by atoms with Gasteiger partial charge < -0.3 is 14.5 Å². The summed E-state index contributed by atoms with van der Waals surface area (Å²) in [6.45, 7) is 9.11. The molecule has 1 saturated heterocycles. The number of ether oxygens (including phenoxy) is 1. The van der Waals surface area contributed by atoms with Gasteiger partial charge in [-0.15, -0.1) is 0 Å². The van der Waals surface area contributed by atoms with Crippen molar-refractivity contribution in [1.29, 1.82) is 0 Å². The van der Waals surface area contributed by atoms with Gasteiger partial charge in [-0.05, 0) is 50.6 Å². The van der Waals surface area contributed by atoms with Crippen molar-refractivity contribution in [3.8, 4) is 17.1 Å². The number of anilines is 1. The monoisotopic (exact) mass is 430 g/mol. The molecule has 0 spiro atoms. The van der Waals surface area contributed by atoms with E-state index < -0.39 is 0 Å². The highest BCUT2D eigenvalue weighted by Gasteiger charge is 2.25. The number of methoxy groups -OCH3 is 1. The number of rotatable bonds is 5. The summed E-state index contributed by atoms with van der Waals surface area (Å²) in [5, 5.41) is 0. The normalized spacial score (nSPS) is 13.9. The maximum Gasteiger partial charge on any atom is 0.253 e. The summed E-state index contributed by atoms with van der Waals surface area (Å²) in [7, 11) is 1.62. The molecule has 1 fully saturated rings. The van der Waals surface area contributed by atoms with Crippen LogP contribution in [-0.2, 0) is 6.42 Å². The topological polar surface area (TPSA) is 58.6 Å². The molecule has 2 heterocycles. The van der Waals surface area contributed by atoms with Gasteiger partial charge in [-0.25, -0.2) is 9.97 Å². The summed E-state index contributed by atoms with van der Waals surface area (Å²) in [5.74, 6) is 2.56. The third-order valence-electron chi connectivity index (χ3n) is 6.03. The van der Waals surface area contributed by atoms with Crippen LogP contribution in [0.25, 0.3) is 11.4 Å². The van der Waals surface area contributed by atoms with E-state index in [-0.39, 0.29) is 5.91 Å². The SMILES string of the molecule is CCc1c(C)nc(-c2cccc(C)c2)nc1N1CCN(C(=O)c2ccc(OC)cc2)CC1. The van der Waals surface area contributed by atoms with Crippen LogP contribution in [0, 0.1) is 13.8 Å². The molecule has 0 saturated carbocycles. The maximum atomic E-state index is 12.9. The quantitative estimate of drug-likeness (QED) is 0.604. The summed E-state index contributed by atoms with van der Waals surface area (Å²) in [6, 6.07) is 15.6. The summed E-state index contributed by atoms with van der Waals surface area (Å²) in [5.41, 5.74) is 5.11. The van der Waals surface area contributed by atoms with E-state index in [1.54, 1.807) is 7.11 Å². The fourth-order valence-electron chi connectivity index (χ4n) is 4.21. The zero-order valence-electron chi connectivity index (χ0n) is 19.3. The summed E-state index contributed by atoms with van der Waals surface area (Å²) in [6.07, 6.45) is 0.875. The molecule has 32 heavy (non-hydrogen) atoms. The standard InChI is InChI=1S/C26H30N4O2/c1-5-23-19(3)27-24(21-8-6-7-18(2)17-21)28-25(23)29-13-15-30(16-14-29)26(31)20-9-11-22(32-4)12-10-20/h6-12,17H,5,13-16H2,1-4H3. The number of carbonyl (C=O) groups excluding carboxylic acids is 1. The first-order chi connectivity index (χ1) is 15.5. The average molecular weight is 431 g/mol. The van der Waals surface area contributed by atoms with Crippen LogP contribution in [0.4, 0.5) is 5.82 Å². The molecule has 0 N–H and O–H groups in total. The van der Waals surface area contributed by atoms with E-state index in [4.69, 9.17) is 14.7 Å². The summed E-state index contributed by atoms with van der Waals surface area (Å²) < 4.78 is 5.19. The van der Waals surface area contributed by atoms with Gasteiger partial charge in [0.2, 0.25) is 0 Å². The lowest BCUT2D eigenvalue weighted by molar-refractivity contribution is 0.0746. The van der Waals surface area contributed by atoms with E-state index in [2.05, 4.69) is 43.9 Å². The Morgan fingerprint density at radius 2 is 1.72 bits per heavy atom. The number of aryl methyl sites for hydroxylation is 2. The molecule has 0 unspecified atom stereocenters. The minimum absolute atomic E-state index is 0.0577. The number of aromatic nitrogens is 2. The van der Waals surface area contributed by atoms with Gasteiger partial charge >= 0.3 is 0 Å². The Balaban J connectivity index is 1.54. The molecule has 1 aliphatic heterocycles. The molecule has 1 aliphatic rings. The van der Waals surface area contributed by atoms with E-state index in [0.29, 0.717) is 18.7 Å². The van der Waals surface area contributed by atoms with E-state index >= 15 is 0 Å². The Morgan fingerprint density at radius 3 is 2.34 bits per heavy atom. The first kappa shape index (κ1) is 21.8. The minimum atomic E-state index is 0.0577. The number of nitrogens with zero attached hydrogens (tertiary/aromatic N) is 4. The molecule has 6 nitrogen and oxygen atoms in total. The fourth-order valence-corrected chi connectivity index (χ4v) is 4.21. The molecule has 0 aliphatic carbocycles. The highest BCUT2D eigenvalue weighted by molar-refractivity contribution is 5.94. The maximum absolute atomic E-state index is 12.9. The number of hydrogen-bond donors (Lipinski definition) is 0. The lowest BCUT2D eigenvalue weighted by atomic mass is 10.1. The zero-order chi connectivity index (χ0) is 22.7. The van der Waals surface area contributed by atoms with Gasteiger partial charge in [0.1, 0.15) is 11.6 Å². The molecule has 0 bridgehead atoms. The molecule has 0 atom stereocenters. The average Bonchev–Trinajstić information content (AvgIpc) is 2.83. The van der Waals surface area contributed by atoms with Crippen LogP contribution in [-0.4, -0.2) is 54.1 Å². The molecule has 6 heteroatoms. The Morgan fingerprint density at radius 1 is 1.00 bits per heavy atom. The third-order valence-corrected chi connectivity index (χ3v) is 6.03. The van der Waals surface area contributed by atoms with E-state index in [1.165, 1.54) is 11.1 Å². The fraction of sp³-hybridized carbons (Fsp3) is 0.346. The number of carbonyl (C=O) groups is 1. The van der Waals surface area contributed by atoms with E-state index in [0.717, 1.165) is 48.2 Å². The molecule has 1 aromatic heterocycles. The third kappa shape index (κ3) is 4.44. The first-order valence-corrected chi connectivity index (χ1v) is 11.1. The second-order valence-electron chi connectivity index (χ2n) is 8.17. The van der Waals surface area contributed by atoms with Gasteiger partial charge in [0.15, 0.2) is 5.82 Å². The van der Waals surface area contributed by atoms with Crippen molar-refractivity contribution < 1.29 is 9.53 Å². The molecule has 3 aromatic rings. The molecule has 1 amide bonds. The lowest BCUT2D eigenvalue weighted by Gasteiger charge is -2.36. The van der Waals surface area contributed by atoms with Crippen LogP contribution in [0.3, 0.4) is 0 Å². The van der Waals surface area contributed by atoms with Crippen LogP contribution >= 0.6 is 0 Å². The highest BCUT2D eigenvalue weighted by Crippen LogP contribution is 2.27. The van der Waals surface area contributed by atoms with Gasteiger partial charge in [0, 0.05) is 48.6 Å². The molecule has 166 valence electrons. The van der Waals surface area contributed by atoms with Crippen molar-refractivity contribution in [1.82, 2.24) is 14.9 Å². The van der Waals surface area contributed by atoms with Crippen molar-refractivity contribution in [3.63, 3.8) is 0 Å². The van der Waals surface area contributed by atoms with Crippen LogP contribution in [0.5, 0.6) is 5.75 Å². The van der Waals surface area contributed by atoms with Gasteiger partial charge in [0.05, 0.1) is 7.11 Å². The Bertz CT molecular complexity index is 1100. The second kappa shape index (κ2) is 9.39. The molecule has 4 rings (SSSR count). The summed E-state index contributed by atoms with van der Waals surface area (Å²) in [4.78, 5) is 26.9. The lowest BCUT2D eigenvalue weighted by Crippen LogP contribution is -2.49. The van der Waals surface area contributed by atoms with Crippen molar-refractivity contribution in [3.05, 3.63) is 70.9 Å². The number of benzene rings is 2. The van der Waals surface area contributed by atoms with E-state index in [9.17, 15) is 4.79 Å². The largest absolute Gasteiger partial charge is 0.497 e. The van der Waals surface area contributed by atoms with Crippen LogP contribution in [0.15, 0.2) is 48.5 Å². The Hall–Kier alpha value is -3.41. The van der Waals surface area contributed by atoms with Gasteiger partial charge in [-0.1, -0.05) is 30.7 Å². The first-order valence-electron chi connectivity index (χ1n) is 11.1. The summed E-state index contributed by atoms with van der Waals surface area (Å²) >= 11 is 0. The second-order valence-corrected chi connectivity index (χ2v) is 8.17. The van der Waals surface area contributed by atoms with Gasteiger partial charge in [-0.2, -0.15) is 0 Å². The predicted octanol–water partition coefficient (Wildman–Crippen LogP) is 4.29. The number of hydrogen-bond acceptors (Lipinski definition) is 5. The zero-order valence-corrected chi connectivity index (χ0v) is 19.3. The van der Waals surface area contributed by atoms with Crippen molar-refractivity contribution in [2.75, 3.05) is 38.2 Å². The Kier molecular flexibility index (Phi) is 6.40. The van der Waals surface area contributed by atoms with Gasteiger partial charge in [0.25, 0.3) is 5.91 Å². The Labute approximate surface area is 189 Å². The smallest absolute Gasteiger partial charge is 0.253 e. The van der Waals surface area contributed by atoms with Crippen molar-refractivity contribution >= 4 is 11.7 Å². The number of piperazine rings is 1. The van der Waals surface area contributed by atoms with E-state index in [1.807, 2.05) is 35.2 Å². The molecular formula is C26H30N4O2. The highest BCUT2D eigenvalue weighted by atomic mass is 16.5. The van der Waals surface area contributed by atoms with Crippen molar-refractivity contribution in [2.24, 2.45) is 0 Å². The van der Waals surface area contributed by atoms with Gasteiger partial charge in [-0.3, -0.25) is 4.79 Å². The predicted molar refractivity (Wildman–Crippen MR) is 127 cm³/mol. The molecule has 0 radical (unpaired) electrons. The van der Waals surface area contributed by atoms with Crippen LogP contribution in [0.1, 0.15) is 34.1 Å². The number of amides is 1. The van der Waals surface area contributed by atoms with Crippen LogP contribution in [0.2, 0.25) is 0 Å². The molecule has 2 aromatic carbocycles. The minimum Gasteiger partial charge on any atom is -0.497 e. The van der Waals surface area contributed by atoms with Crippen molar-refractivity contribution in [2.45, 2.75) is 27.2 Å². The molecular weight excluding hydrogens is 400 g/mol. The van der Waals surface area contributed by atoms with Crippen LogP contribution < -0.4 is 9.64 Å².